The third-order valence-corrected chi connectivity index (χ3v) is 14.8. The summed E-state index contributed by atoms with van der Waals surface area (Å²) >= 11 is 4.79. The highest BCUT2D eigenvalue weighted by Crippen LogP contribution is 2.20. The Bertz CT molecular complexity index is 3740. The summed E-state index contributed by atoms with van der Waals surface area (Å²) in [6.07, 6.45) is 7.60. The van der Waals surface area contributed by atoms with Crippen molar-refractivity contribution in [2.75, 3.05) is 12.9 Å². The molecular formula is C46H52N12O9S4. The van der Waals surface area contributed by atoms with Gasteiger partial charge in [-0.1, -0.05) is 0 Å². The van der Waals surface area contributed by atoms with Gasteiger partial charge in [0, 0.05) is 86.7 Å². The summed E-state index contributed by atoms with van der Waals surface area (Å²) in [5.74, 6) is 0. The van der Waals surface area contributed by atoms with E-state index < -0.39 is 21.4 Å². The van der Waals surface area contributed by atoms with Crippen molar-refractivity contribution in [1.82, 2.24) is 57.7 Å². The molecule has 0 atom stereocenters. The molecule has 0 aliphatic heterocycles. The highest BCUT2D eigenvalue weighted by molar-refractivity contribution is 7.86. The Morgan fingerprint density at radius 1 is 0.549 bits per heavy atom. The number of H-pyrrole nitrogens is 1. The van der Waals surface area contributed by atoms with Crippen LogP contribution in [0.3, 0.4) is 0 Å². The van der Waals surface area contributed by atoms with Gasteiger partial charge in [0.25, 0.3) is 26.8 Å². The molecule has 0 unspecified atom stereocenters. The number of nitrogens with zero attached hydrogens (tertiary/aromatic N) is 11. The zero-order chi connectivity index (χ0) is 51.9. The summed E-state index contributed by atoms with van der Waals surface area (Å²) in [6, 6.07) is 10.1. The first-order chi connectivity index (χ1) is 33.6. The SMILES string of the molecule is Cc1nc(C)c(CCOS(C)(=O)=O)s1.Cc1nc(C)c(CCn2c(=O)c3cccnc3n(C)c2=O)s1.Cc1nc(C)c(CCn2c(=O)c3cccnc3n(C)c2=O)s1.Cn1c(=O)[nH]c(=O)c2cccnc21. The molecule has 0 bridgehead atoms. The Kier molecular flexibility index (Phi) is 17.2. The van der Waals surface area contributed by atoms with Gasteiger partial charge in [0.05, 0.1) is 61.1 Å². The minimum absolute atomic E-state index is 0.196. The fourth-order valence-corrected chi connectivity index (χ4v) is 10.5. The van der Waals surface area contributed by atoms with Crippen LogP contribution in [0.5, 0.6) is 0 Å². The van der Waals surface area contributed by atoms with E-state index in [1.807, 2.05) is 41.5 Å². The molecule has 0 aliphatic carbocycles. The fourth-order valence-electron chi connectivity index (χ4n) is 7.38. The van der Waals surface area contributed by atoms with Crippen molar-refractivity contribution in [3.63, 3.8) is 0 Å². The first kappa shape index (κ1) is 53.4. The van der Waals surface area contributed by atoms with E-state index in [1.54, 1.807) is 110 Å². The Morgan fingerprint density at radius 3 is 1.28 bits per heavy atom. The number of fused-ring (bicyclic) bond motifs is 3. The highest BCUT2D eigenvalue weighted by atomic mass is 32.2. The van der Waals surface area contributed by atoms with Crippen molar-refractivity contribution in [3.05, 3.63) is 164 Å². The molecule has 0 spiro atoms. The van der Waals surface area contributed by atoms with Crippen LogP contribution >= 0.6 is 34.0 Å². The van der Waals surface area contributed by atoms with Gasteiger partial charge in [0.15, 0.2) is 0 Å². The van der Waals surface area contributed by atoms with Gasteiger partial charge in [-0.3, -0.25) is 46.4 Å². The lowest BCUT2D eigenvalue weighted by Crippen LogP contribution is -2.39. The maximum Gasteiger partial charge on any atom is 0.332 e. The van der Waals surface area contributed by atoms with Crippen molar-refractivity contribution in [1.29, 1.82) is 0 Å². The summed E-state index contributed by atoms with van der Waals surface area (Å²) in [7, 11) is 1.52. The van der Waals surface area contributed by atoms with E-state index in [0.717, 1.165) is 53.0 Å². The minimum Gasteiger partial charge on any atom is -0.281 e. The molecule has 9 aromatic heterocycles. The van der Waals surface area contributed by atoms with Gasteiger partial charge in [-0.2, -0.15) is 8.42 Å². The van der Waals surface area contributed by atoms with E-state index in [0.29, 0.717) is 65.5 Å². The van der Waals surface area contributed by atoms with Gasteiger partial charge >= 0.3 is 17.1 Å². The number of rotatable bonds is 10. The Balaban J connectivity index is 0.000000159. The second kappa shape index (κ2) is 22.9. The molecule has 0 saturated heterocycles. The molecule has 0 amide bonds. The van der Waals surface area contributed by atoms with Gasteiger partial charge in [-0.05, 0) is 77.9 Å². The normalized spacial score (nSPS) is 11.2. The standard InChI is InChI=1S/2C15H16N4O2S.C8H7N3O2.C8H13NO3S2/c2*1-9-12(22-10(2)17-9)6-8-19-14(20)11-5-4-7-16-13(11)18(3)15(19)21;1-11-6-5(3-2-4-9-6)7(12)10-8(11)13;1-6-8(13-7(2)9-6)4-5-12-14(3,10)11/h2*4-5,7H,6,8H2,1-3H3;2-4H,1H3,(H,10,12,13);4-5H2,1-3H3. The number of thiazole rings is 3. The molecule has 374 valence electrons. The highest BCUT2D eigenvalue weighted by Gasteiger charge is 2.15. The number of aromatic amines is 1. The maximum absolute atomic E-state index is 12.5. The van der Waals surface area contributed by atoms with E-state index in [-0.39, 0.29) is 29.1 Å². The number of hydrogen-bond donors (Lipinski definition) is 1. The fraction of sp³-hybridized carbons (Fsp3) is 0.348. The third-order valence-electron chi connectivity index (χ3n) is 10.8. The molecule has 71 heavy (non-hydrogen) atoms. The molecule has 0 fully saturated rings. The average molecular weight is 1050 g/mol. The van der Waals surface area contributed by atoms with Gasteiger partial charge in [-0.25, -0.2) is 44.3 Å². The largest absolute Gasteiger partial charge is 0.332 e. The summed E-state index contributed by atoms with van der Waals surface area (Å²) in [4.78, 5) is 103. The van der Waals surface area contributed by atoms with Crippen molar-refractivity contribution in [2.24, 2.45) is 21.1 Å². The van der Waals surface area contributed by atoms with Gasteiger partial charge in [0.1, 0.15) is 16.9 Å². The lowest BCUT2D eigenvalue weighted by atomic mass is 10.3. The molecule has 1 N–H and O–H groups in total. The maximum atomic E-state index is 12.5. The topological polar surface area (TPSA) is 264 Å². The predicted molar refractivity (Wildman–Crippen MR) is 277 cm³/mol. The van der Waals surface area contributed by atoms with E-state index in [1.165, 1.54) is 22.8 Å². The van der Waals surface area contributed by atoms with Crippen LogP contribution < -0.4 is 33.7 Å². The van der Waals surface area contributed by atoms with Gasteiger partial charge in [-0.15, -0.1) is 34.0 Å². The quantitative estimate of drug-likeness (QED) is 0.191. The van der Waals surface area contributed by atoms with Crippen LogP contribution in [0, 0.1) is 41.5 Å². The summed E-state index contributed by atoms with van der Waals surface area (Å²) in [6.45, 7) is 12.5. The van der Waals surface area contributed by atoms with Crippen LogP contribution in [-0.2, 0) is 67.8 Å². The van der Waals surface area contributed by atoms with Crippen molar-refractivity contribution >= 4 is 77.2 Å². The van der Waals surface area contributed by atoms with Crippen LogP contribution in [0.25, 0.3) is 33.1 Å². The zero-order valence-electron chi connectivity index (χ0n) is 40.7. The Labute approximate surface area is 417 Å². The summed E-state index contributed by atoms with van der Waals surface area (Å²) in [5.41, 5.74) is 2.03. The van der Waals surface area contributed by atoms with Crippen molar-refractivity contribution < 1.29 is 12.6 Å². The second-order valence-electron chi connectivity index (χ2n) is 16.0. The molecule has 21 nitrogen and oxygen atoms in total. The van der Waals surface area contributed by atoms with Crippen LogP contribution in [0.2, 0.25) is 0 Å². The van der Waals surface area contributed by atoms with E-state index in [4.69, 9.17) is 0 Å². The van der Waals surface area contributed by atoms with Crippen molar-refractivity contribution in [3.8, 4) is 0 Å². The van der Waals surface area contributed by atoms with Crippen molar-refractivity contribution in [2.45, 2.75) is 73.9 Å². The molecule has 9 rings (SSSR count). The number of aromatic nitrogens is 12. The molecule has 9 aromatic rings. The molecule has 0 saturated carbocycles. The molecule has 0 radical (unpaired) electrons. The molecule has 9 heterocycles. The van der Waals surface area contributed by atoms with Crippen LogP contribution in [0.15, 0.2) is 83.8 Å². The first-order valence-electron chi connectivity index (χ1n) is 21.8. The lowest BCUT2D eigenvalue weighted by Gasteiger charge is -2.09. The predicted octanol–water partition coefficient (Wildman–Crippen LogP) is 3.72. The monoisotopic (exact) mass is 1040 g/mol. The number of nitrogens with one attached hydrogen (secondary N) is 1. The molecular weight excluding hydrogens is 993 g/mol. The average Bonchev–Trinajstić information content (AvgIpc) is 3.96. The minimum atomic E-state index is -3.32. The summed E-state index contributed by atoms with van der Waals surface area (Å²) in [5, 5.41) is 4.33. The second-order valence-corrected chi connectivity index (χ2v) is 21.5. The first-order valence-corrected chi connectivity index (χ1v) is 26.1. The lowest BCUT2D eigenvalue weighted by molar-refractivity contribution is 0.326. The number of pyridine rings is 3. The zero-order valence-corrected chi connectivity index (χ0v) is 43.9. The molecule has 25 heteroatoms. The summed E-state index contributed by atoms with van der Waals surface area (Å²) < 4.78 is 32.7. The van der Waals surface area contributed by atoms with Crippen LogP contribution in [-0.4, -0.2) is 79.0 Å². The van der Waals surface area contributed by atoms with E-state index in [2.05, 4.69) is 39.1 Å². The van der Waals surface area contributed by atoms with E-state index >= 15 is 0 Å². The van der Waals surface area contributed by atoms with E-state index in [9.17, 15) is 37.2 Å². The van der Waals surface area contributed by atoms with Crippen LogP contribution in [0.1, 0.15) is 46.7 Å². The number of hydrogen-bond acceptors (Lipinski definition) is 18. The Morgan fingerprint density at radius 2 is 0.915 bits per heavy atom. The smallest absolute Gasteiger partial charge is 0.281 e. The Hall–Kier alpha value is -6.93. The molecule has 0 aromatic carbocycles. The van der Waals surface area contributed by atoms with Crippen LogP contribution in [0.4, 0.5) is 0 Å². The van der Waals surface area contributed by atoms with Gasteiger partial charge < -0.3 is 0 Å². The molecule has 0 aliphatic rings. The third kappa shape index (κ3) is 12.9. The van der Waals surface area contributed by atoms with Gasteiger partial charge in [0.2, 0.25) is 0 Å². The number of aryl methyl sites for hydroxylation is 11.